The highest BCUT2D eigenvalue weighted by atomic mass is 19.1. The van der Waals surface area contributed by atoms with Crippen molar-refractivity contribution in [1.82, 2.24) is 10.1 Å². The second-order valence-corrected chi connectivity index (χ2v) is 7.32. The van der Waals surface area contributed by atoms with Gasteiger partial charge in [-0.25, -0.2) is 4.39 Å². The minimum atomic E-state index is -0.339. The van der Waals surface area contributed by atoms with Gasteiger partial charge in [-0.3, -0.25) is 4.79 Å². The van der Waals surface area contributed by atoms with Crippen molar-refractivity contribution >= 4 is 5.91 Å². The molecule has 0 saturated carbocycles. The van der Waals surface area contributed by atoms with Gasteiger partial charge in [0.05, 0.1) is 6.10 Å². The van der Waals surface area contributed by atoms with Crippen LogP contribution in [0.25, 0.3) is 11.3 Å². The summed E-state index contributed by atoms with van der Waals surface area (Å²) in [5.41, 5.74) is 6.95. The summed E-state index contributed by atoms with van der Waals surface area (Å²) in [4.78, 5) is 14.1. The molecule has 1 aliphatic rings. The van der Waals surface area contributed by atoms with Crippen LogP contribution in [0.4, 0.5) is 4.39 Å². The van der Waals surface area contributed by atoms with E-state index in [9.17, 15) is 9.18 Å². The third kappa shape index (κ3) is 5.39. The molecule has 0 aliphatic carbocycles. The lowest BCUT2D eigenvalue weighted by atomic mass is 10.1. The maximum atomic E-state index is 13.3. The number of amides is 1. The van der Waals surface area contributed by atoms with Gasteiger partial charge < -0.3 is 19.9 Å². The number of aryl methyl sites for hydroxylation is 1. The first-order chi connectivity index (χ1) is 13.6. The molecular formula is C21H28FN3O3. The fraction of sp³-hybridized carbons (Fsp3) is 0.524. The van der Waals surface area contributed by atoms with Crippen molar-refractivity contribution in [2.75, 3.05) is 20.1 Å². The van der Waals surface area contributed by atoms with Gasteiger partial charge in [0.2, 0.25) is 0 Å². The number of unbranched alkanes of at least 4 members (excludes halogenated alkanes) is 2. The van der Waals surface area contributed by atoms with Gasteiger partial charge in [0, 0.05) is 38.2 Å². The van der Waals surface area contributed by atoms with Crippen molar-refractivity contribution in [3.05, 3.63) is 41.9 Å². The van der Waals surface area contributed by atoms with Gasteiger partial charge in [-0.15, -0.1) is 0 Å². The average molecular weight is 389 g/mol. The predicted molar refractivity (Wildman–Crippen MR) is 104 cm³/mol. The zero-order valence-corrected chi connectivity index (χ0v) is 16.3. The molecule has 1 saturated heterocycles. The van der Waals surface area contributed by atoms with Crippen molar-refractivity contribution in [3.8, 4) is 11.3 Å². The fourth-order valence-electron chi connectivity index (χ4n) is 3.46. The smallest absolute Gasteiger partial charge is 0.251 e. The van der Waals surface area contributed by atoms with Gasteiger partial charge in [0.1, 0.15) is 23.4 Å². The minimum Gasteiger partial charge on any atom is -0.364 e. The minimum absolute atomic E-state index is 0.0153. The zero-order chi connectivity index (χ0) is 19.9. The molecule has 2 heterocycles. The molecule has 7 heteroatoms. The van der Waals surface area contributed by atoms with Gasteiger partial charge >= 0.3 is 0 Å². The molecule has 2 N–H and O–H groups in total. The van der Waals surface area contributed by atoms with Gasteiger partial charge in [0.25, 0.3) is 5.91 Å². The summed E-state index contributed by atoms with van der Waals surface area (Å²) in [6, 6.07) is 8.17. The second-order valence-electron chi connectivity index (χ2n) is 7.32. The number of nitrogens with zero attached hydrogens (tertiary/aromatic N) is 2. The highest BCUT2D eigenvalue weighted by molar-refractivity contribution is 5.80. The van der Waals surface area contributed by atoms with Crippen molar-refractivity contribution in [3.63, 3.8) is 0 Å². The van der Waals surface area contributed by atoms with Gasteiger partial charge in [-0.1, -0.05) is 23.7 Å². The van der Waals surface area contributed by atoms with E-state index in [1.165, 1.54) is 12.1 Å². The molecule has 2 aromatic rings. The normalized spacial score (nSPS) is 19.1. The molecule has 0 radical (unpaired) electrons. The van der Waals surface area contributed by atoms with Crippen LogP contribution >= 0.6 is 0 Å². The summed E-state index contributed by atoms with van der Waals surface area (Å²) < 4.78 is 24.3. The maximum Gasteiger partial charge on any atom is 0.251 e. The molecule has 1 fully saturated rings. The largest absolute Gasteiger partial charge is 0.364 e. The molecule has 1 aromatic heterocycles. The van der Waals surface area contributed by atoms with E-state index in [0.29, 0.717) is 24.3 Å². The summed E-state index contributed by atoms with van der Waals surface area (Å²) in [6.45, 7) is 1.17. The number of carbonyl (C=O) groups excluding carboxylic acids is 1. The fourth-order valence-corrected chi connectivity index (χ4v) is 3.46. The highest BCUT2D eigenvalue weighted by Crippen LogP contribution is 2.22. The Morgan fingerprint density at radius 2 is 2.14 bits per heavy atom. The molecule has 3 rings (SSSR count). The molecule has 0 spiro atoms. The molecule has 1 aromatic carbocycles. The third-order valence-electron chi connectivity index (χ3n) is 5.12. The van der Waals surface area contributed by atoms with Crippen molar-refractivity contribution in [1.29, 1.82) is 0 Å². The number of halogens is 1. The van der Waals surface area contributed by atoms with E-state index in [2.05, 4.69) is 5.16 Å². The zero-order valence-electron chi connectivity index (χ0n) is 16.3. The number of benzene rings is 1. The van der Waals surface area contributed by atoms with Crippen LogP contribution < -0.4 is 5.73 Å². The first kappa shape index (κ1) is 20.5. The van der Waals surface area contributed by atoms with Crippen LogP contribution in [0.3, 0.4) is 0 Å². The average Bonchev–Trinajstić information content (AvgIpc) is 3.36. The maximum absolute atomic E-state index is 13.3. The lowest BCUT2D eigenvalue weighted by Gasteiger charge is -2.21. The van der Waals surface area contributed by atoms with E-state index in [-0.39, 0.29) is 23.9 Å². The van der Waals surface area contributed by atoms with Gasteiger partial charge in [-0.05, 0) is 37.8 Å². The Morgan fingerprint density at radius 3 is 2.89 bits per heavy atom. The van der Waals surface area contributed by atoms with E-state index in [4.69, 9.17) is 15.0 Å². The van der Waals surface area contributed by atoms with Gasteiger partial charge in [0.15, 0.2) is 0 Å². The Kier molecular flexibility index (Phi) is 7.17. The van der Waals surface area contributed by atoms with E-state index < -0.39 is 0 Å². The number of rotatable bonds is 9. The topological polar surface area (TPSA) is 81.6 Å². The Balaban J connectivity index is 1.35. The van der Waals surface area contributed by atoms with Crippen molar-refractivity contribution in [2.24, 2.45) is 5.73 Å². The molecule has 1 aliphatic heterocycles. The summed E-state index contributed by atoms with van der Waals surface area (Å²) in [7, 11) is 1.82. The number of aromatic nitrogens is 1. The van der Waals surface area contributed by atoms with Crippen LogP contribution in [0.2, 0.25) is 0 Å². The number of likely N-dealkylation sites (N-methyl/N-ethyl adjacent to an activating group) is 1. The van der Waals surface area contributed by atoms with E-state index in [1.807, 2.05) is 13.1 Å². The third-order valence-corrected chi connectivity index (χ3v) is 5.12. The highest BCUT2D eigenvalue weighted by Gasteiger charge is 2.31. The Bertz CT molecular complexity index is 780. The summed E-state index contributed by atoms with van der Waals surface area (Å²) >= 11 is 0. The predicted octanol–water partition coefficient (Wildman–Crippen LogP) is 3.16. The molecule has 0 unspecified atom stereocenters. The number of carbonyl (C=O) groups is 1. The SMILES string of the molecule is CN(CCCCCc1cc(-c2cccc(F)c2)no1)C(=O)[C@@H]1CC[C@H](CN)O1. The van der Waals surface area contributed by atoms with Crippen LogP contribution in [-0.2, 0) is 16.0 Å². The monoisotopic (exact) mass is 389 g/mol. The number of hydrogen-bond acceptors (Lipinski definition) is 5. The Morgan fingerprint density at radius 1 is 1.29 bits per heavy atom. The van der Waals surface area contributed by atoms with Crippen LogP contribution in [0.5, 0.6) is 0 Å². The van der Waals surface area contributed by atoms with Crippen LogP contribution in [-0.4, -0.2) is 48.3 Å². The number of hydrogen-bond donors (Lipinski definition) is 1. The molecule has 1 amide bonds. The molecule has 152 valence electrons. The van der Waals surface area contributed by atoms with Crippen molar-refractivity contribution < 1.29 is 18.4 Å². The van der Waals surface area contributed by atoms with E-state index in [0.717, 1.165) is 44.3 Å². The lowest BCUT2D eigenvalue weighted by Crippen LogP contribution is -2.37. The van der Waals surface area contributed by atoms with Crippen LogP contribution in [0.15, 0.2) is 34.9 Å². The van der Waals surface area contributed by atoms with E-state index >= 15 is 0 Å². The summed E-state index contributed by atoms with van der Waals surface area (Å²) in [5, 5.41) is 4.02. The summed E-state index contributed by atoms with van der Waals surface area (Å²) in [5.74, 6) is 0.545. The molecule has 6 nitrogen and oxygen atoms in total. The van der Waals surface area contributed by atoms with Crippen LogP contribution in [0, 0.1) is 5.82 Å². The number of ether oxygens (including phenoxy) is 1. The standard InChI is InChI=1S/C21H28FN3O3/c1-25(21(26)20-10-9-18(14-23)27-20)11-4-2-3-8-17-13-19(24-28-17)15-6-5-7-16(22)12-15/h5-7,12-13,18,20H,2-4,8-11,14,23H2,1H3/t18-,20+/m1/s1. The molecule has 28 heavy (non-hydrogen) atoms. The van der Waals surface area contributed by atoms with E-state index in [1.54, 1.807) is 17.0 Å². The quantitative estimate of drug-likeness (QED) is 0.666. The molecule has 0 bridgehead atoms. The lowest BCUT2D eigenvalue weighted by molar-refractivity contribution is -0.141. The Hall–Kier alpha value is -2.25. The molecular weight excluding hydrogens is 361 g/mol. The Labute approximate surface area is 164 Å². The van der Waals surface area contributed by atoms with Crippen LogP contribution in [0.1, 0.15) is 37.9 Å². The second kappa shape index (κ2) is 9.80. The first-order valence-electron chi connectivity index (χ1n) is 9.89. The first-order valence-corrected chi connectivity index (χ1v) is 9.89. The van der Waals surface area contributed by atoms with Gasteiger partial charge in [-0.2, -0.15) is 0 Å². The summed E-state index contributed by atoms with van der Waals surface area (Å²) in [6.07, 6.45) is 4.89. The number of nitrogens with two attached hydrogens (primary N) is 1. The van der Waals surface area contributed by atoms with Crippen molar-refractivity contribution in [2.45, 2.75) is 50.7 Å². The molecule has 2 atom stereocenters.